The summed E-state index contributed by atoms with van der Waals surface area (Å²) in [5.41, 5.74) is 2.69. The molecule has 0 radical (unpaired) electrons. The topological polar surface area (TPSA) is 90.9 Å². The number of likely N-dealkylation sites (tertiary alicyclic amines) is 1. The van der Waals surface area contributed by atoms with Gasteiger partial charge in [0.15, 0.2) is 0 Å². The first-order valence-electron chi connectivity index (χ1n) is 13.9. The molecular formula is C29H44N6O3. The number of aryl methyl sites for hydroxylation is 1. The number of nitrogens with one attached hydrogen (secondary N) is 1. The Morgan fingerprint density at radius 2 is 1.71 bits per heavy atom. The number of hydrogen-bond donors (Lipinski definition) is 1. The van der Waals surface area contributed by atoms with E-state index < -0.39 is 5.60 Å². The van der Waals surface area contributed by atoms with Crippen molar-refractivity contribution in [1.82, 2.24) is 24.7 Å². The summed E-state index contributed by atoms with van der Waals surface area (Å²) in [5, 5.41) is 3.71. The standard InChI is InChI=1S/C29H44N6O3/c1-9-22-20(4)27(32-25-17-30-18(2)16-31-25)26-19(3)23(10-11-24(26)35(22)21(5)36)33-12-14-34(15-13-33)28(37)38-29(6,7)8/h10-11,16-17,19-20,22,26-27H,9,12-15H2,1-8H3,(H,31,32)/t19?,20-,22-,26?,27?/m0/s1. The number of aromatic nitrogens is 2. The van der Waals surface area contributed by atoms with Crippen molar-refractivity contribution in [3.05, 3.63) is 41.6 Å². The minimum absolute atomic E-state index is 0.0839. The number of fused-ring (bicyclic) bond motifs is 1. The zero-order chi connectivity index (χ0) is 27.8. The van der Waals surface area contributed by atoms with Crippen molar-refractivity contribution in [2.24, 2.45) is 17.8 Å². The first kappa shape index (κ1) is 27.9. The van der Waals surface area contributed by atoms with Gasteiger partial charge in [-0.25, -0.2) is 9.78 Å². The number of piperidine rings is 1. The largest absolute Gasteiger partial charge is 0.444 e. The molecule has 3 unspecified atom stereocenters. The molecule has 2 fully saturated rings. The van der Waals surface area contributed by atoms with Gasteiger partial charge < -0.3 is 24.8 Å². The molecular weight excluding hydrogens is 480 g/mol. The normalized spacial score (nSPS) is 27.8. The number of nitrogens with zero attached hydrogens (tertiary/aromatic N) is 5. The van der Waals surface area contributed by atoms with Crippen LogP contribution in [0.2, 0.25) is 0 Å². The van der Waals surface area contributed by atoms with Gasteiger partial charge in [-0.1, -0.05) is 20.8 Å². The molecule has 0 aromatic carbocycles. The fourth-order valence-electron chi connectivity index (χ4n) is 6.30. The van der Waals surface area contributed by atoms with Gasteiger partial charge in [0.05, 0.1) is 18.1 Å². The number of rotatable bonds is 4. The van der Waals surface area contributed by atoms with Gasteiger partial charge >= 0.3 is 6.09 Å². The number of hydrogen-bond acceptors (Lipinski definition) is 7. The third-order valence-corrected chi connectivity index (χ3v) is 8.09. The van der Waals surface area contributed by atoms with Gasteiger partial charge in [-0.15, -0.1) is 0 Å². The molecule has 0 bridgehead atoms. The minimum atomic E-state index is -0.504. The van der Waals surface area contributed by atoms with Gasteiger partial charge in [0, 0.05) is 68.4 Å². The molecule has 2 amide bonds. The molecule has 2 aliphatic heterocycles. The van der Waals surface area contributed by atoms with Crippen LogP contribution >= 0.6 is 0 Å². The number of carbonyl (C=O) groups is 2. The average molecular weight is 525 g/mol. The molecule has 9 nitrogen and oxygen atoms in total. The molecule has 5 atom stereocenters. The fourth-order valence-corrected chi connectivity index (χ4v) is 6.30. The summed E-state index contributed by atoms with van der Waals surface area (Å²) >= 11 is 0. The molecule has 208 valence electrons. The van der Waals surface area contributed by atoms with Crippen LogP contribution in [0.25, 0.3) is 0 Å². The second kappa shape index (κ2) is 10.9. The molecule has 0 spiro atoms. The van der Waals surface area contributed by atoms with Crippen molar-refractivity contribution in [3.63, 3.8) is 0 Å². The molecule has 0 saturated carbocycles. The van der Waals surface area contributed by atoms with Crippen molar-refractivity contribution in [2.45, 2.75) is 79.5 Å². The summed E-state index contributed by atoms with van der Waals surface area (Å²) in [6.45, 7) is 18.7. The lowest BCUT2D eigenvalue weighted by atomic mass is 9.68. The first-order chi connectivity index (χ1) is 17.9. The SMILES string of the molecule is CC[C@H]1[C@H](C)C(Nc2cnc(C)cn2)C2C(=CC=C(N3CCN(C(=O)OC(C)(C)C)CC3)C2C)N1C(C)=O. The van der Waals surface area contributed by atoms with Crippen LogP contribution in [-0.4, -0.2) is 80.5 Å². The lowest BCUT2D eigenvalue weighted by Gasteiger charge is -2.54. The van der Waals surface area contributed by atoms with E-state index in [9.17, 15) is 9.59 Å². The number of anilines is 1. The van der Waals surface area contributed by atoms with Crippen LogP contribution in [0, 0.1) is 24.7 Å². The maximum Gasteiger partial charge on any atom is 0.410 e. The molecule has 1 N–H and O–H groups in total. The highest BCUT2D eigenvalue weighted by Gasteiger charge is 2.49. The molecule has 4 rings (SSSR count). The van der Waals surface area contributed by atoms with Gasteiger partial charge in [-0.2, -0.15) is 0 Å². The van der Waals surface area contributed by atoms with Crippen molar-refractivity contribution < 1.29 is 14.3 Å². The molecule has 3 heterocycles. The molecule has 1 aliphatic carbocycles. The van der Waals surface area contributed by atoms with E-state index in [1.807, 2.05) is 32.6 Å². The quantitative estimate of drug-likeness (QED) is 0.623. The Bertz CT molecular complexity index is 1080. The summed E-state index contributed by atoms with van der Waals surface area (Å²) in [6.07, 6.45) is 8.53. The van der Waals surface area contributed by atoms with Gasteiger partial charge in [0.25, 0.3) is 0 Å². The van der Waals surface area contributed by atoms with Crippen LogP contribution in [-0.2, 0) is 9.53 Å². The van der Waals surface area contributed by atoms with E-state index in [1.165, 1.54) is 5.70 Å². The Balaban J connectivity index is 1.60. The summed E-state index contributed by atoms with van der Waals surface area (Å²) in [6, 6.07) is 0.186. The average Bonchev–Trinajstić information content (AvgIpc) is 2.85. The lowest BCUT2D eigenvalue weighted by Crippen LogP contribution is -2.60. The Morgan fingerprint density at radius 1 is 1.05 bits per heavy atom. The maximum absolute atomic E-state index is 12.9. The van der Waals surface area contributed by atoms with Crippen LogP contribution in [0.4, 0.5) is 10.6 Å². The van der Waals surface area contributed by atoms with Crippen molar-refractivity contribution in [1.29, 1.82) is 0 Å². The van der Waals surface area contributed by atoms with E-state index in [-0.39, 0.29) is 41.8 Å². The predicted octanol–water partition coefficient (Wildman–Crippen LogP) is 4.43. The zero-order valence-electron chi connectivity index (χ0n) is 24.2. The van der Waals surface area contributed by atoms with Gasteiger partial charge in [-0.3, -0.25) is 9.78 Å². The van der Waals surface area contributed by atoms with E-state index in [0.29, 0.717) is 13.1 Å². The van der Waals surface area contributed by atoms with Gasteiger partial charge in [0.2, 0.25) is 5.91 Å². The number of allylic oxidation sites excluding steroid dienone is 3. The Morgan fingerprint density at radius 3 is 2.26 bits per heavy atom. The molecule has 1 aromatic rings. The summed E-state index contributed by atoms with van der Waals surface area (Å²) in [7, 11) is 0. The highest BCUT2D eigenvalue weighted by Crippen LogP contribution is 2.46. The second-order valence-corrected chi connectivity index (χ2v) is 11.9. The molecule has 2 saturated heterocycles. The third kappa shape index (κ3) is 5.66. The van der Waals surface area contributed by atoms with Crippen molar-refractivity contribution in [3.8, 4) is 0 Å². The summed E-state index contributed by atoms with van der Waals surface area (Å²) in [5.74, 6) is 1.31. The Labute approximate surface area is 227 Å². The molecule has 38 heavy (non-hydrogen) atoms. The molecule has 1 aromatic heterocycles. The summed E-state index contributed by atoms with van der Waals surface area (Å²) < 4.78 is 5.58. The zero-order valence-corrected chi connectivity index (χ0v) is 24.2. The Hall–Kier alpha value is -3.10. The van der Waals surface area contributed by atoms with Gasteiger partial charge in [-0.05, 0) is 52.2 Å². The number of ether oxygens (including phenoxy) is 1. The van der Waals surface area contributed by atoms with Crippen LogP contribution in [0.3, 0.4) is 0 Å². The van der Waals surface area contributed by atoms with Crippen LogP contribution in [0.5, 0.6) is 0 Å². The van der Waals surface area contributed by atoms with Crippen LogP contribution in [0.15, 0.2) is 35.9 Å². The molecule has 9 heteroatoms. The van der Waals surface area contributed by atoms with E-state index in [1.54, 1.807) is 24.2 Å². The Kier molecular flexibility index (Phi) is 8.04. The first-order valence-corrected chi connectivity index (χ1v) is 13.9. The second-order valence-electron chi connectivity index (χ2n) is 11.9. The number of piperazine rings is 1. The van der Waals surface area contributed by atoms with Crippen molar-refractivity contribution in [2.75, 3.05) is 31.5 Å². The molecule has 3 aliphatic rings. The van der Waals surface area contributed by atoms with E-state index in [2.05, 4.69) is 53.1 Å². The lowest BCUT2D eigenvalue weighted by molar-refractivity contribution is -0.132. The number of carbonyl (C=O) groups excluding carboxylic acids is 2. The predicted molar refractivity (Wildman–Crippen MR) is 148 cm³/mol. The fraction of sp³-hybridized carbons (Fsp3) is 0.655. The third-order valence-electron chi connectivity index (χ3n) is 8.09. The van der Waals surface area contributed by atoms with Crippen LogP contribution < -0.4 is 5.32 Å². The van der Waals surface area contributed by atoms with E-state index in [0.717, 1.165) is 36.7 Å². The van der Waals surface area contributed by atoms with Crippen LogP contribution in [0.1, 0.15) is 60.6 Å². The maximum atomic E-state index is 12.9. The highest BCUT2D eigenvalue weighted by atomic mass is 16.6. The van der Waals surface area contributed by atoms with E-state index >= 15 is 0 Å². The monoisotopic (exact) mass is 524 g/mol. The van der Waals surface area contributed by atoms with E-state index in [4.69, 9.17) is 4.74 Å². The van der Waals surface area contributed by atoms with Gasteiger partial charge in [0.1, 0.15) is 11.4 Å². The van der Waals surface area contributed by atoms with Crippen molar-refractivity contribution >= 4 is 17.8 Å². The number of amides is 2. The minimum Gasteiger partial charge on any atom is -0.444 e. The smallest absolute Gasteiger partial charge is 0.410 e. The summed E-state index contributed by atoms with van der Waals surface area (Å²) in [4.78, 5) is 40.7. The highest BCUT2D eigenvalue weighted by molar-refractivity contribution is 5.76.